The van der Waals surface area contributed by atoms with Crippen molar-refractivity contribution in [2.45, 2.75) is 25.7 Å². The summed E-state index contributed by atoms with van der Waals surface area (Å²) in [6.07, 6.45) is -4.22. The molecule has 0 fully saturated rings. The van der Waals surface area contributed by atoms with Crippen LogP contribution in [-0.2, 0) is 25.7 Å². The van der Waals surface area contributed by atoms with E-state index in [1.165, 1.54) is 17.4 Å². The summed E-state index contributed by atoms with van der Waals surface area (Å²) in [5, 5.41) is 1.90. The van der Waals surface area contributed by atoms with Crippen LogP contribution < -0.4 is 5.56 Å². The van der Waals surface area contributed by atoms with Crippen LogP contribution in [0.4, 0.5) is 17.6 Å². The summed E-state index contributed by atoms with van der Waals surface area (Å²) in [6, 6.07) is 6.74. The molecule has 3 aromatic rings. The first kappa shape index (κ1) is 18.8. The van der Waals surface area contributed by atoms with Gasteiger partial charge in [-0.15, -0.1) is 11.3 Å². The van der Waals surface area contributed by atoms with E-state index in [0.717, 1.165) is 17.0 Å². The van der Waals surface area contributed by atoms with Gasteiger partial charge >= 0.3 is 6.18 Å². The zero-order valence-electron chi connectivity index (χ0n) is 14.5. The zero-order chi connectivity index (χ0) is 19.9. The summed E-state index contributed by atoms with van der Waals surface area (Å²) in [7, 11) is 0. The van der Waals surface area contributed by atoms with Gasteiger partial charge in [0.15, 0.2) is 5.82 Å². The summed E-state index contributed by atoms with van der Waals surface area (Å²) >= 11 is 1.48. The number of nitrogens with one attached hydrogen (secondary N) is 1. The van der Waals surface area contributed by atoms with Crippen molar-refractivity contribution in [1.29, 1.82) is 0 Å². The Kier molecular flexibility index (Phi) is 4.80. The van der Waals surface area contributed by atoms with E-state index in [1.807, 2.05) is 22.4 Å². The molecule has 0 bridgehead atoms. The Morgan fingerprint density at radius 3 is 2.79 bits per heavy atom. The van der Waals surface area contributed by atoms with Crippen molar-refractivity contribution < 1.29 is 17.6 Å². The van der Waals surface area contributed by atoms with Crippen LogP contribution in [0, 0.1) is 5.82 Å². The first-order valence-corrected chi connectivity index (χ1v) is 9.43. The normalized spacial score (nSPS) is 14.9. The SMILES string of the molecule is O=c1[nH]c(-c2cccs2)nc2c1CN(Cc1ccc(F)c(C(F)(F)F)c1)CC2. The minimum Gasteiger partial charge on any atom is -0.306 e. The van der Waals surface area contributed by atoms with Gasteiger partial charge in [0, 0.05) is 26.1 Å². The van der Waals surface area contributed by atoms with Crippen LogP contribution in [-0.4, -0.2) is 21.4 Å². The van der Waals surface area contributed by atoms with E-state index in [4.69, 9.17) is 0 Å². The molecule has 0 spiro atoms. The van der Waals surface area contributed by atoms with Gasteiger partial charge < -0.3 is 4.98 Å². The van der Waals surface area contributed by atoms with Gasteiger partial charge in [-0.3, -0.25) is 9.69 Å². The molecule has 0 saturated heterocycles. The number of benzene rings is 1. The number of halogens is 4. The van der Waals surface area contributed by atoms with Crippen LogP contribution in [0.3, 0.4) is 0 Å². The van der Waals surface area contributed by atoms with Crippen molar-refractivity contribution >= 4 is 11.3 Å². The maximum absolute atomic E-state index is 13.5. The van der Waals surface area contributed by atoms with Crippen LogP contribution >= 0.6 is 11.3 Å². The van der Waals surface area contributed by atoms with Crippen molar-refractivity contribution in [1.82, 2.24) is 14.9 Å². The van der Waals surface area contributed by atoms with Crippen LogP contribution in [0.25, 0.3) is 10.7 Å². The molecule has 0 radical (unpaired) electrons. The summed E-state index contributed by atoms with van der Waals surface area (Å²) in [5.41, 5.74) is 0.0515. The largest absolute Gasteiger partial charge is 0.419 e. The molecule has 2 aromatic heterocycles. The Bertz CT molecular complexity index is 1060. The fourth-order valence-electron chi connectivity index (χ4n) is 3.29. The average Bonchev–Trinajstić information content (AvgIpc) is 3.17. The molecule has 0 unspecified atom stereocenters. The second kappa shape index (κ2) is 7.14. The number of aromatic nitrogens is 2. The van der Waals surface area contributed by atoms with E-state index >= 15 is 0 Å². The molecule has 0 saturated carbocycles. The first-order chi connectivity index (χ1) is 13.3. The summed E-state index contributed by atoms with van der Waals surface area (Å²) in [6.45, 7) is 1.02. The van der Waals surface area contributed by atoms with Gasteiger partial charge in [0.25, 0.3) is 5.56 Å². The zero-order valence-corrected chi connectivity index (χ0v) is 15.3. The lowest BCUT2D eigenvalue weighted by atomic mass is 10.0. The molecule has 146 valence electrons. The summed E-state index contributed by atoms with van der Waals surface area (Å²) in [4.78, 5) is 22.5. The molecule has 1 aliphatic heterocycles. The topological polar surface area (TPSA) is 49.0 Å². The molecule has 3 heterocycles. The van der Waals surface area contributed by atoms with Gasteiger partial charge in [-0.05, 0) is 29.1 Å². The van der Waals surface area contributed by atoms with Crippen molar-refractivity contribution in [2.75, 3.05) is 6.54 Å². The third kappa shape index (κ3) is 3.72. The van der Waals surface area contributed by atoms with Crippen molar-refractivity contribution in [3.8, 4) is 10.7 Å². The fourth-order valence-corrected chi connectivity index (χ4v) is 3.96. The highest BCUT2D eigenvalue weighted by atomic mass is 32.1. The Labute approximate surface area is 161 Å². The standard InChI is InChI=1S/C19H15F4N3OS/c20-14-4-3-11(8-13(14)19(21,22)23)9-26-6-5-15-12(10-26)18(27)25-17(24-15)16-2-1-7-28-16/h1-4,7-8H,5-6,9-10H2,(H,24,25,27). The Balaban J connectivity index is 1.56. The van der Waals surface area contributed by atoms with Gasteiger partial charge in [-0.25, -0.2) is 9.37 Å². The van der Waals surface area contributed by atoms with E-state index in [-0.39, 0.29) is 18.6 Å². The number of aromatic amines is 1. The molecular formula is C19H15F4N3OS. The fraction of sp³-hybridized carbons (Fsp3) is 0.263. The number of hydrogen-bond donors (Lipinski definition) is 1. The maximum atomic E-state index is 13.5. The minimum atomic E-state index is -4.74. The molecule has 1 aromatic carbocycles. The molecule has 0 atom stereocenters. The number of nitrogens with zero attached hydrogens (tertiary/aromatic N) is 2. The number of alkyl halides is 3. The number of hydrogen-bond acceptors (Lipinski definition) is 4. The highest BCUT2D eigenvalue weighted by Gasteiger charge is 2.34. The lowest BCUT2D eigenvalue weighted by molar-refractivity contribution is -0.140. The maximum Gasteiger partial charge on any atom is 0.419 e. The molecule has 0 aliphatic carbocycles. The Morgan fingerprint density at radius 2 is 2.07 bits per heavy atom. The molecule has 9 heteroatoms. The summed E-state index contributed by atoms with van der Waals surface area (Å²) in [5.74, 6) is -0.762. The van der Waals surface area contributed by atoms with Crippen LogP contribution in [0.2, 0.25) is 0 Å². The predicted molar refractivity (Wildman–Crippen MR) is 97.4 cm³/mol. The second-order valence-electron chi connectivity index (χ2n) is 6.59. The van der Waals surface area contributed by atoms with Gasteiger partial charge in [0.05, 0.1) is 21.7 Å². The van der Waals surface area contributed by atoms with Crippen LogP contribution in [0.15, 0.2) is 40.5 Å². The van der Waals surface area contributed by atoms with Crippen molar-refractivity contribution in [2.24, 2.45) is 0 Å². The van der Waals surface area contributed by atoms with E-state index in [2.05, 4.69) is 9.97 Å². The van der Waals surface area contributed by atoms with E-state index in [0.29, 0.717) is 35.6 Å². The molecule has 1 N–H and O–H groups in total. The first-order valence-electron chi connectivity index (χ1n) is 8.55. The number of H-pyrrole nitrogens is 1. The molecule has 4 nitrogen and oxygen atoms in total. The smallest absolute Gasteiger partial charge is 0.306 e. The van der Waals surface area contributed by atoms with Crippen molar-refractivity contribution in [3.05, 3.63) is 74.3 Å². The van der Waals surface area contributed by atoms with E-state index in [9.17, 15) is 22.4 Å². The third-order valence-corrected chi connectivity index (χ3v) is 5.52. The lowest BCUT2D eigenvalue weighted by Gasteiger charge is -2.28. The monoisotopic (exact) mass is 409 g/mol. The van der Waals surface area contributed by atoms with E-state index in [1.54, 1.807) is 0 Å². The molecular weight excluding hydrogens is 394 g/mol. The highest BCUT2D eigenvalue weighted by Crippen LogP contribution is 2.32. The lowest BCUT2D eigenvalue weighted by Crippen LogP contribution is -2.35. The van der Waals surface area contributed by atoms with E-state index < -0.39 is 17.6 Å². The predicted octanol–water partition coefficient (Wildman–Crippen LogP) is 4.21. The number of fused-ring (bicyclic) bond motifs is 1. The number of thiophene rings is 1. The Hall–Kier alpha value is -2.52. The quantitative estimate of drug-likeness (QED) is 0.660. The van der Waals surface area contributed by atoms with Gasteiger partial charge in [0.2, 0.25) is 0 Å². The molecule has 28 heavy (non-hydrogen) atoms. The third-order valence-electron chi connectivity index (χ3n) is 4.64. The van der Waals surface area contributed by atoms with Crippen molar-refractivity contribution in [3.63, 3.8) is 0 Å². The van der Waals surface area contributed by atoms with Crippen LogP contribution in [0.1, 0.15) is 22.4 Å². The second-order valence-corrected chi connectivity index (χ2v) is 7.54. The average molecular weight is 409 g/mol. The van der Waals surface area contributed by atoms with Gasteiger partial charge in [0.1, 0.15) is 5.82 Å². The van der Waals surface area contributed by atoms with Crippen LogP contribution in [0.5, 0.6) is 0 Å². The van der Waals surface area contributed by atoms with Gasteiger partial charge in [-0.1, -0.05) is 12.1 Å². The molecule has 4 rings (SSSR count). The summed E-state index contributed by atoms with van der Waals surface area (Å²) < 4.78 is 52.2. The highest BCUT2D eigenvalue weighted by molar-refractivity contribution is 7.13. The minimum absolute atomic E-state index is 0.189. The number of rotatable bonds is 3. The molecule has 1 aliphatic rings. The Morgan fingerprint density at radius 1 is 1.25 bits per heavy atom. The molecule has 0 amide bonds. The van der Waals surface area contributed by atoms with Gasteiger partial charge in [-0.2, -0.15) is 13.2 Å².